The molecule has 0 aromatic rings. The molecular formula is C31H52O5. The van der Waals surface area contributed by atoms with E-state index in [2.05, 4.69) is 27.7 Å². The lowest BCUT2D eigenvalue weighted by Crippen LogP contribution is -2.61. The minimum absolute atomic E-state index is 0.157. The van der Waals surface area contributed by atoms with Gasteiger partial charge in [0.25, 0.3) is 0 Å². The number of rotatable bonds is 7. The standard InChI is InChI=1S/C31H52O5/c1-18-13-22(18)19(2)14-27(33)31(17-36-31)25-10-9-23-21-8-7-20-16-30(34-5,35-6)12-11-28(20,3)24(21)15-26(32)29(23,25)4/h18-27,32-33H,7-17H2,1-6H3/t18-,19-,20+,21+,22+,23+,24+,25+,26-,27-,28+,29+,31+/m1/s1. The molecule has 0 aromatic heterocycles. The fourth-order valence-corrected chi connectivity index (χ4v) is 11.0. The predicted molar refractivity (Wildman–Crippen MR) is 139 cm³/mol. The van der Waals surface area contributed by atoms with Crippen LogP contribution in [0.2, 0.25) is 0 Å². The van der Waals surface area contributed by atoms with Crippen LogP contribution in [0, 0.1) is 58.2 Å². The van der Waals surface area contributed by atoms with E-state index in [9.17, 15) is 10.2 Å². The monoisotopic (exact) mass is 504 g/mol. The van der Waals surface area contributed by atoms with E-state index in [1.54, 1.807) is 14.2 Å². The van der Waals surface area contributed by atoms with Gasteiger partial charge < -0.3 is 24.4 Å². The Morgan fingerprint density at radius 1 is 1.00 bits per heavy atom. The lowest BCUT2D eigenvalue weighted by molar-refractivity contribution is -0.266. The topological polar surface area (TPSA) is 71.5 Å². The summed E-state index contributed by atoms with van der Waals surface area (Å²) >= 11 is 0. The van der Waals surface area contributed by atoms with Gasteiger partial charge in [-0.1, -0.05) is 27.7 Å². The van der Waals surface area contributed by atoms with Gasteiger partial charge in [0.1, 0.15) is 5.60 Å². The third-order valence-corrected chi connectivity index (χ3v) is 13.6. The Bertz CT molecular complexity index is 837. The van der Waals surface area contributed by atoms with E-state index in [0.717, 1.165) is 50.4 Å². The van der Waals surface area contributed by atoms with Crippen LogP contribution in [-0.2, 0) is 14.2 Å². The molecule has 0 aromatic carbocycles. The first-order chi connectivity index (χ1) is 17.0. The summed E-state index contributed by atoms with van der Waals surface area (Å²) in [5.74, 6) is 4.30. The van der Waals surface area contributed by atoms with Crippen molar-refractivity contribution in [2.24, 2.45) is 58.2 Å². The van der Waals surface area contributed by atoms with Gasteiger partial charge in [0.05, 0.1) is 18.8 Å². The molecule has 6 aliphatic rings. The van der Waals surface area contributed by atoms with Gasteiger partial charge in [0, 0.05) is 38.4 Å². The highest BCUT2D eigenvalue weighted by Gasteiger charge is 2.71. The van der Waals surface area contributed by atoms with Crippen LogP contribution in [0.5, 0.6) is 0 Å². The zero-order valence-electron chi connectivity index (χ0n) is 23.7. The fraction of sp³-hybridized carbons (Fsp3) is 1.00. The van der Waals surface area contributed by atoms with Crippen LogP contribution in [0.4, 0.5) is 0 Å². The quantitative estimate of drug-likeness (QED) is 0.358. The molecule has 1 aliphatic heterocycles. The second kappa shape index (κ2) is 8.65. The number of aliphatic hydroxyl groups excluding tert-OH is 2. The van der Waals surface area contributed by atoms with E-state index >= 15 is 0 Å². The van der Waals surface area contributed by atoms with Gasteiger partial charge in [-0.3, -0.25) is 0 Å². The van der Waals surface area contributed by atoms with Gasteiger partial charge >= 0.3 is 0 Å². The van der Waals surface area contributed by atoms with Crippen molar-refractivity contribution in [2.45, 2.75) is 115 Å². The Kier molecular flexibility index (Phi) is 6.26. The van der Waals surface area contributed by atoms with E-state index in [4.69, 9.17) is 14.2 Å². The van der Waals surface area contributed by atoms with Crippen LogP contribution in [0.15, 0.2) is 0 Å². The number of hydrogen-bond donors (Lipinski definition) is 2. The third kappa shape index (κ3) is 3.58. The van der Waals surface area contributed by atoms with Crippen molar-refractivity contribution in [3.63, 3.8) is 0 Å². The minimum Gasteiger partial charge on any atom is -0.393 e. The first-order valence-corrected chi connectivity index (χ1v) is 15.1. The summed E-state index contributed by atoms with van der Waals surface area (Å²) in [7, 11) is 3.59. The third-order valence-electron chi connectivity index (χ3n) is 13.6. The van der Waals surface area contributed by atoms with Crippen LogP contribution >= 0.6 is 0 Å². The van der Waals surface area contributed by atoms with E-state index in [-0.39, 0.29) is 22.9 Å². The number of aliphatic hydroxyl groups is 2. The van der Waals surface area contributed by atoms with Crippen LogP contribution in [-0.4, -0.2) is 54.6 Å². The molecule has 1 saturated heterocycles. The molecule has 206 valence electrons. The molecule has 0 radical (unpaired) electrons. The number of epoxide rings is 1. The summed E-state index contributed by atoms with van der Waals surface area (Å²) in [4.78, 5) is 0. The number of hydrogen-bond acceptors (Lipinski definition) is 5. The van der Waals surface area contributed by atoms with Crippen LogP contribution < -0.4 is 0 Å². The van der Waals surface area contributed by atoms with Gasteiger partial charge in [0.15, 0.2) is 5.79 Å². The maximum atomic E-state index is 11.9. The van der Waals surface area contributed by atoms with Crippen molar-refractivity contribution < 1.29 is 24.4 Å². The van der Waals surface area contributed by atoms with Gasteiger partial charge in [0.2, 0.25) is 0 Å². The first kappa shape index (κ1) is 26.0. The highest BCUT2D eigenvalue weighted by molar-refractivity contribution is 5.19. The molecule has 5 heteroatoms. The molecule has 1 heterocycles. The Balaban J connectivity index is 1.22. The van der Waals surface area contributed by atoms with E-state index in [1.807, 2.05) is 0 Å². The molecule has 6 fully saturated rings. The number of fused-ring (bicyclic) bond motifs is 5. The van der Waals surface area contributed by atoms with Gasteiger partial charge in [-0.15, -0.1) is 0 Å². The second-order valence-corrected chi connectivity index (χ2v) is 14.8. The zero-order chi connectivity index (χ0) is 25.7. The van der Waals surface area contributed by atoms with Crippen molar-refractivity contribution in [2.75, 3.05) is 20.8 Å². The Hall–Kier alpha value is -0.200. The van der Waals surface area contributed by atoms with Crippen molar-refractivity contribution in [1.29, 1.82) is 0 Å². The minimum atomic E-state index is -0.432. The predicted octanol–water partition coefficient (Wildman–Crippen LogP) is 5.42. The largest absolute Gasteiger partial charge is 0.393 e. The highest BCUT2D eigenvalue weighted by atomic mass is 16.7. The average Bonchev–Trinajstić information content (AvgIpc) is 3.77. The number of methoxy groups -OCH3 is 2. The van der Waals surface area contributed by atoms with Gasteiger partial charge in [-0.25, -0.2) is 0 Å². The summed E-state index contributed by atoms with van der Waals surface area (Å²) in [5.41, 5.74) is -0.338. The molecule has 0 unspecified atom stereocenters. The summed E-state index contributed by atoms with van der Waals surface area (Å²) in [6.07, 6.45) is 10.1. The van der Waals surface area contributed by atoms with Crippen LogP contribution in [0.25, 0.3) is 0 Å². The lowest BCUT2D eigenvalue weighted by Gasteiger charge is -2.63. The molecular weight excluding hydrogens is 452 g/mol. The molecule has 5 saturated carbocycles. The van der Waals surface area contributed by atoms with E-state index in [0.29, 0.717) is 36.2 Å². The molecule has 13 atom stereocenters. The number of ether oxygens (including phenoxy) is 3. The molecule has 0 spiro atoms. The highest BCUT2D eigenvalue weighted by Crippen LogP contribution is 2.71. The van der Waals surface area contributed by atoms with Crippen LogP contribution in [0.3, 0.4) is 0 Å². The maximum Gasteiger partial charge on any atom is 0.167 e. The van der Waals surface area contributed by atoms with E-state index < -0.39 is 17.5 Å². The second-order valence-electron chi connectivity index (χ2n) is 14.8. The SMILES string of the molecule is COC1(OC)CC[C@@]2(C)[C@@H](CC[C@@H]3[C@@H]2C[C@@H](O)[C@]2(C)[C@@H]([C@]4([C@H](O)C[C@@H](C)[C@H]5C[C@H]5C)CO4)CC[C@@H]32)C1. The molecule has 2 N–H and O–H groups in total. The summed E-state index contributed by atoms with van der Waals surface area (Å²) in [5, 5.41) is 23.5. The molecule has 6 rings (SSSR count). The molecule has 5 aliphatic carbocycles. The summed E-state index contributed by atoms with van der Waals surface area (Å²) < 4.78 is 18.0. The summed E-state index contributed by atoms with van der Waals surface area (Å²) in [6.45, 7) is 10.2. The van der Waals surface area contributed by atoms with Crippen molar-refractivity contribution in [3.05, 3.63) is 0 Å². The Morgan fingerprint density at radius 3 is 2.31 bits per heavy atom. The zero-order valence-corrected chi connectivity index (χ0v) is 23.7. The normalized spacial score (nSPS) is 54.7. The molecule has 0 amide bonds. The van der Waals surface area contributed by atoms with Gasteiger partial charge in [-0.2, -0.15) is 0 Å². The molecule has 5 nitrogen and oxygen atoms in total. The average molecular weight is 505 g/mol. The Labute approximate surface area is 219 Å². The lowest BCUT2D eigenvalue weighted by atomic mass is 9.43. The van der Waals surface area contributed by atoms with E-state index in [1.165, 1.54) is 25.7 Å². The molecule has 0 bridgehead atoms. The van der Waals surface area contributed by atoms with Crippen molar-refractivity contribution >= 4 is 0 Å². The smallest absolute Gasteiger partial charge is 0.167 e. The van der Waals surface area contributed by atoms with Crippen LogP contribution in [0.1, 0.15) is 91.9 Å². The summed E-state index contributed by atoms with van der Waals surface area (Å²) in [6, 6.07) is 0. The van der Waals surface area contributed by atoms with Crippen molar-refractivity contribution in [1.82, 2.24) is 0 Å². The van der Waals surface area contributed by atoms with Crippen molar-refractivity contribution in [3.8, 4) is 0 Å². The van der Waals surface area contributed by atoms with Gasteiger partial charge in [-0.05, 0) is 98.2 Å². The fourth-order valence-electron chi connectivity index (χ4n) is 11.0. The Morgan fingerprint density at radius 2 is 1.69 bits per heavy atom. The molecule has 36 heavy (non-hydrogen) atoms. The maximum absolute atomic E-state index is 11.9. The first-order valence-electron chi connectivity index (χ1n) is 15.1.